The maximum Gasteiger partial charge on any atom is 0.241 e. The first kappa shape index (κ1) is 19.0. The highest BCUT2D eigenvalue weighted by Gasteiger charge is 2.22. The molecule has 0 aliphatic rings. The third kappa shape index (κ3) is 4.68. The second-order valence-corrected chi connectivity index (χ2v) is 6.66. The number of amides is 1. The molecule has 0 bridgehead atoms. The summed E-state index contributed by atoms with van der Waals surface area (Å²) in [5, 5.41) is 2.91. The Morgan fingerprint density at radius 3 is 2.56 bits per heavy atom. The predicted molar refractivity (Wildman–Crippen MR) is 100 cm³/mol. The lowest BCUT2D eigenvalue weighted by Crippen LogP contribution is -2.37. The van der Waals surface area contributed by atoms with Crippen LogP contribution in [0.4, 0.5) is 8.78 Å². The molecule has 2 N–H and O–H groups in total. The van der Waals surface area contributed by atoms with Crippen molar-refractivity contribution in [3.8, 4) is 0 Å². The van der Waals surface area contributed by atoms with Crippen molar-refractivity contribution in [1.82, 2.24) is 20.2 Å². The zero-order valence-corrected chi connectivity index (χ0v) is 15.3. The van der Waals surface area contributed by atoms with E-state index in [1.165, 1.54) is 24.3 Å². The number of nitrogens with zero attached hydrogens (tertiary/aromatic N) is 2. The Bertz CT molecular complexity index is 921. The van der Waals surface area contributed by atoms with Gasteiger partial charge >= 0.3 is 0 Å². The summed E-state index contributed by atoms with van der Waals surface area (Å²) < 4.78 is 26.3. The Hall–Kier alpha value is -2.80. The molecule has 5 nitrogen and oxygen atoms in total. The van der Waals surface area contributed by atoms with Crippen LogP contribution in [-0.4, -0.2) is 41.4 Å². The molecule has 0 aliphatic carbocycles. The third-order valence-electron chi connectivity index (χ3n) is 4.33. The van der Waals surface area contributed by atoms with Crippen molar-refractivity contribution in [2.24, 2.45) is 0 Å². The second kappa shape index (κ2) is 8.26. The van der Waals surface area contributed by atoms with Crippen molar-refractivity contribution in [3.63, 3.8) is 0 Å². The Morgan fingerprint density at radius 2 is 1.85 bits per heavy atom. The fourth-order valence-electron chi connectivity index (χ4n) is 3.05. The molecule has 27 heavy (non-hydrogen) atoms. The lowest BCUT2D eigenvalue weighted by Gasteiger charge is -2.23. The monoisotopic (exact) mass is 372 g/mol. The molecule has 1 atom stereocenters. The van der Waals surface area contributed by atoms with E-state index in [0.29, 0.717) is 24.9 Å². The summed E-state index contributed by atoms with van der Waals surface area (Å²) >= 11 is 0. The molecule has 1 aromatic heterocycles. The number of aromatic amines is 1. The van der Waals surface area contributed by atoms with Crippen molar-refractivity contribution >= 4 is 16.9 Å². The average molecular weight is 372 g/mol. The van der Waals surface area contributed by atoms with Gasteiger partial charge in [0, 0.05) is 13.0 Å². The number of carbonyl (C=O) groups is 1. The van der Waals surface area contributed by atoms with E-state index in [2.05, 4.69) is 15.3 Å². The largest absolute Gasteiger partial charge is 0.354 e. The second-order valence-electron chi connectivity index (χ2n) is 6.66. The number of fused-ring (bicyclic) bond motifs is 1. The molecule has 0 fully saturated rings. The van der Waals surface area contributed by atoms with Crippen LogP contribution in [-0.2, 0) is 11.2 Å². The van der Waals surface area contributed by atoms with Gasteiger partial charge in [0.05, 0.1) is 11.0 Å². The molecule has 0 radical (unpaired) electrons. The number of carbonyl (C=O) groups excluding carboxylic acids is 1. The fraction of sp³-hybridized carbons (Fsp3) is 0.300. The van der Waals surface area contributed by atoms with Gasteiger partial charge in [-0.2, -0.15) is 0 Å². The minimum Gasteiger partial charge on any atom is -0.354 e. The highest BCUT2D eigenvalue weighted by Crippen LogP contribution is 2.19. The van der Waals surface area contributed by atoms with Gasteiger partial charge in [-0.1, -0.05) is 12.1 Å². The van der Waals surface area contributed by atoms with E-state index in [1.54, 1.807) is 37.2 Å². The number of imidazole rings is 1. The summed E-state index contributed by atoms with van der Waals surface area (Å²) in [6.45, 7) is 0.482. The van der Waals surface area contributed by atoms with Crippen LogP contribution in [0.5, 0.6) is 0 Å². The lowest BCUT2D eigenvalue weighted by atomic mass is 10.1. The molecule has 0 aliphatic heterocycles. The lowest BCUT2D eigenvalue weighted by molar-refractivity contribution is -0.125. The van der Waals surface area contributed by atoms with Gasteiger partial charge in [-0.15, -0.1) is 0 Å². The Balaban J connectivity index is 1.54. The Kier molecular flexibility index (Phi) is 5.81. The Morgan fingerprint density at radius 1 is 1.15 bits per heavy atom. The van der Waals surface area contributed by atoms with Crippen LogP contribution in [0, 0.1) is 11.6 Å². The van der Waals surface area contributed by atoms with Gasteiger partial charge in [0.15, 0.2) is 0 Å². The molecule has 3 aromatic rings. The number of aromatic nitrogens is 2. The summed E-state index contributed by atoms with van der Waals surface area (Å²) in [4.78, 5) is 21.8. The van der Waals surface area contributed by atoms with Crippen LogP contribution in [0.25, 0.3) is 11.0 Å². The molecule has 0 saturated carbocycles. The van der Waals surface area contributed by atoms with Gasteiger partial charge < -0.3 is 10.3 Å². The van der Waals surface area contributed by atoms with E-state index in [-0.39, 0.29) is 17.5 Å². The van der Waals surface area contributed by atoms with Gasteiger partial charge in [0.25, 0.3) is 0 Å². The van der Waals surface area contributed by atoms with Crippen molar-refractivity contribution in [2.45, 2.75) is 18.9 Å². The highest BCUT2D eigenvalue weighted by molar-refractivity contribution is 5.83. The number of hydrogen-bond acceptors (Lipinski definition) is 3. The molecule has 7 heteroatoms. The van der Waals surface area contributed by atoms with Crippen LogP contribution in [0.15, 0.2) is 42.5 Å². The summed E-state index contributed by atoms with van der Waals surface area (Å²) in [6.07, 6.45) is 1.33. The number of nitrogens with one attached hydrogen (secondary N) is 2. The fourth-order valence-corrected chi connectivity index (χ4v) is 3.05. The predicted octanol–water partition coefficient (Wildman–Crippen LogP) is 3.19. The molecular formula is C20H22F2N4O. The van der Waals surface area contributed by atoms with Crippen LogP contribution in [0.1, 0.15) is 23.9 Å². The average Bonchev–Trinajstić information content (AvgIpc) is 3.02. The standard InChI is InChI=1S/C20H22F2N4O/c1-26(2)19(13-5-7-14(21)8-6-13)20(27)23-11-3-4-18-24-16-10-9-15(22)12-17(16)25-18/h5-10,12,19H,3-4,11H2,1-2H3,(H,23,27)(H,24,25)/t19-/m1/s1. The maximum atomic E-state index is 13.2. The van der Waals surface area contributed by atoms with Gasteiger partial charge in [-0.05, 0) is 56.4 Å². The summed E-state index contributed by atoms with van der Waals surface area (Å²) in [5.41, 5.74) is 2.12. The Labute approximate surface area is 156 Å². The van der Waals surface area contributed by atoms with Crippen molar-refractivity contribution in [3.05, 3.63) is 65.5 Å². The molecular weight excluding hydrogens is 350 g/mol. The van der Waals surface area contributed by atoms with E-state index < -0.39 is 6.04 Å². The molecule has 0 unspecified atom stereocenters. The molecule has 2 aromatic carbocycles. The number of hydrogen-bond donors (Lipinski definition) is 2. The van der Waals surface area contributed by atoms with Gasteiger partial charge in [-0.25, -0.2) is 13.8 Å². The third-order valence-corrected chi connectivity index (χ3v) is 4.33. The SMILES string of the molecule is CN(C)[C@@H](C(=O)NCCCc1nc2ccc(F)cc2[nH]1)c1ccc(F)cc1. The smallest absolute Gasteiger partial charge is 0.241 e. The zero-order valence-electron chi connectivity index (χ0n) is 15.3. The number of H-pyrrole nitrogens is 1. The summed E-state index contributed by atoms with van der Waals surface area (Å²) in [6, 6.07) is 9.88. The molecule has 0 saturated heterocycles. The molecule has 0 spiro atoms. The van der Waals surface area contributed by atoms with E-state index in [1.807, 2.05) is 0 Å². The zero-order chi connectivity index (χ0) is 19.4. The molecule has 1 heterocycles. The first-order valence-electron chi connectivity index (χ1n) is 8.78. The minimum absolute atomic E-state index is 0.140. The molecule has 142 valence electrons. The first-order chi connectivity index (χ1) is 12.9. The number of aryl methyl sites for hydroxylation is 1. The summed E-state index contributed by atoms with van der Waals surface area (Å²) in [5.74, 6) is -0.0197. The van der Waals surface area contributed by atoms with E-state index >= 15 is 0 Å². The quantitative estimate of drug-likeness (QED) is 0.626. The number of halogens is 2. The van der Waals surface area contributed by atoms with Crippen LogP contribution >= 0.6 is 0 Å². The van der Waals surface area contributed by atoms with E-state index in [9.17, 15) is 13.6 Å². The van der Waals surface area contributed by atoms with Gasteiger partial charge in [-0.3, -0.25) is 9.69 Å². The highest BCUT2D eigenvalue weighted by atomic mass is 19.1. The van der Waals surface area contributed by atoms with E-state index in [0.717, 1.165) is 16.9 Å². The van der Waals surface area contributed by atoms with Crippen molar-refractivity contribution < 1.29 is 13.6 Å². The van der Waals surface area contributed by atoms with Crippen LogP contribution in [0.2, 0.25) is 0 Å². The first-order valence-corrected chi connectivity index (χ1v) is 8.78. The van der Waals surface area contributed by atoms with Gasteiger partial charge in [0.1, 0.15) is 23.5 Å². The molecule has 1 amide bonds. The van der Waals surface area contributed by atoms with Crippen molar-refractivity contribution in [1.29, 1.82) is 0 Å². The van der Waals surface area contributed by atoms with Crippen molar-refractivity contribution in [2.75, 3.05) is 20.6 Å². The number of benzene rings is 2. The molecule has 3 rings (SSSR count). The summed E-state index contributed by atoms with van der Waals surface area (Å²) in [7, 11) is 3.61. The van der Waals surface area contributed by atoms with Crippen LogP contribution in [0.3, 0.4) is 0 Å². The van der Waals surface area contributed by atoms with E-state index in [4.69, 9.17) is 0 Å². The van der Waals surface area contributed by atoms with Crippen LogP contribution < -0.4 is 5.32 Å². The number of rotatable bonds is 7. The normalized spacial score (nSPS) is 12.5. The van der Waals surface area contributed by atoms with Gasteiger partial charge in [0.2, 0.25) is 5.91 Å². The topological polar surface area (TPSA) is 61.0 Å². The maximum absolute atomic E-state index is 13.2. The number of likely N-dealkylation sites (N-methyl/N-ethyl adjacent to an activating group) is 1. The minimum atomic E-state index is -0.486.